The molecule has 3 heterocycles. The molecule has 1 unspecified atom stereocenters. The topological polar surface area (TPSA) is 38.2 Å². The Hall–Kier alpha value is -1.16. The van der Waals surface area contributed by atoms with Crippen LogP contribution in [-0.4, -0.2) is 35.3 Å². The lowest BCUT2D eigenvalue weighted by Crippen LogP contribution is -2.33. The summed E-state index contributed by atoms with van der Waals surface area (Å²) in [4.78, 5) is 11.1. The molecule has 0 amide bonds. The number of aryl methyl sites for hydroxylation is 1. The molecule has 4 nitrogen and oxygen atoms in total. The Morgan fingerprint density at radius 3 is 3.12 bits per heavy atom. The van der Waals surface area contributed by atoms with E-state index < -0.39 is 0 Å². The number of hydrogen-bond donors (Lipinski definition) is 0. The summed E-state index contributed by atoms with van der Waals surface area (Å²) >= 11 is 0. The van der Waals surface area contributed by atoms with Crippen molar-refractivity contribution in [3.05, 3.63) is 18.0 Å². The van der Waals surface area contributed by atoms with Crippen LogP contribution in [0.3, 0.4) is 0 Å². The summed E-state index contributed by atoms with van der Waals surface area (Å²) in [5.41, 5.74) is 1.13. The van der Waals surface area contributed by atoms with Crippen LogP contribution < -0.4 is 4.90 Å². The van der Waals surface area contributed by atoms with E-state index >= 15 is 0 Å². The molecule has 3 rings (SSSR count). The zero-order chi connectivity index (χ0) is 11.0. The van der Waals surface area contributed by atoms with E-state index in [0.29, 0.717) is 0 Å². The summed E-state index contributed by atoms with van der Waals surface area (Å²) in [6.07, 6.45) is 5.33. The Morgan fingerprint density at radius 1 is 1.44 bits per heavy atom. The fraction of sp³-hybridized carbons (Fsp3) is 0.667. The van der Waals surface area contributed by atoms with Crippen LogP contribution >= 0.6 is 0 Å². The lowest BCUT2D eigenvalue weighted by molar-refractivity contribution is 0.0231. The summed E-state index contributed by atoms with van der Waals surface area (Å²) in [6, 6.07) is 1.93. The molecule has 1 aromatic rings. The molecular formula is C12H17N3O. The maximum absolute atomic E-state index is 5.89. The summed E-state index contributed by atoms with van der Waals surface area (Å²) in [7, 11) is 0. The van der Waals surface area contributed by atoms with Gasteiger partial charge in [0, 0.05) is 31.6 Å². The van der Waals surface area contributed by atoms with Gasteiger partial charge in [0.15, 0.2) is 0 Å². The van der Waals surface area contributed by atoms with Crippen LogP contribution in [0.5, 0.6) is 0 Å². The summed E-state index contributed by atoms with van der Waals surface area (Å²) in [5, 5.41) is 0. The fourth-order valence-corrected chi connectivity index (χ4v) is 2.68. The van der Waals surface area contributed by atoms with Gasteiger partial charge in [-0.05, 0) is 32.3 Å². The van der Waals surface area contributed by atoms with E-state index in [9.17, 15) is 0 Å². The quantitative estimate of drug-likeness (QED) is 0.718. The van der Waals surface area contributed by atoms with Crippen LogP contribution in [0, 0.1) is 6.92 Å². The minimum absolute atomic E-state index is 0.104. The molecule has 1 atom stereocenters. The SMILES string of the molecule is Cc1ccnc(N2CCC3(CCCO3)C2)n1. The summed E-state index contributed by atoms with van der Waals surface area (Å²) in [6.45, 7) is 4.89. The first-order chi connectivity index (χ1) is 7.77. The van der Waals surface area contributed by atoms with Crippen LogP contribution in [-0.2, 0) is 4.74 Å². The Kier molecular flexibility index (Phi) is 2.32. The standard InChI is InChI=1S/C12H17N3O/c1-10-3-6-13-11(14-10)15-7-5-12(9-15)4-2-8-16-12/h3,6H,2,4-5,7-9H2,1H3. The van der Waals surface area contributed by atoms with Crippen molar-refractivity contribution in [3.63, 3.8) is 0 Å². The van der Waals surface area contributed by atoms with Gasteiger partial charge < -0.3 is 9.64 Å². The van der Waals surface area contributed by atoms with Crippen molar-refractivity contribution in [2.75, 3.05) is 24.6 Å². The zero-order valence-electron chi connectivity index (χ0n) is 9.65. The first-order valence-corrected chi connectivity index (χ1v) is 5.96. The molecule has 16 heavy (non-hydrogen) atoms. The Labute approximate surface area is 95.7 Å². The lowest BCUT2D eigenvalue weighted by atomic mass is 10.00. The Morgan fingerprint density at radius 2 is 2.38 bits per heavy atom. The van der Waals surface area contributed by atoms with Gasteiger partial charge in [-0.1, -0.05) is 0 Å². The highest BCUT2D eigenvalue weighted by atomic mass is 16.5. The van der Waals surface area contributed by atoms with Gasteiger partial charge in [0.25, 0.3) is 0 Å². The maximum atomic E-state index is 5.89. The number of rotatable bonds is 1. The van der Waals surface area contributed by atoms with Gasteiger partial charge in [-0.2, -0.15) is 0 Å². The predicted octanol–water partition coefficient (Wildman–Crippen LogP) is 1.54. The minimum atomic E-state index is 0.104. The highest BCUT2D eigenvalue weighted by Crippen LogP contribution is 2.35. The van der Waals surface area contributed by atoms with Crippen molar-refractivity contribution >= 4 is 5.95 Å². The molecule has 4 heteroatoms. The Bertz CT molecular complexity index is 388. The molecule has 0 saturated carbocycles. The van der Waals surface area contributed by atoms with Gasteiger partial charge in [0.2, 0.25) is 5.95 Å². The van der Waals surface area contributed by atoms with Crippen LogP contribution in [0.25, 0.3) is 0 Å². The summed E-state index contributed by atoms with van der Waals surface area (Å²) < 4.78 is 5.89. The third kappa shape index (κ3) is 1.67. The molecule has 1 spiro atoms. The lowest BCUT2D eigenvalue weighted by Gasteiger charge is -2.23. The van der Waals surface area contributed by atoms with E-state index in [4.69, 9.17) is 4.74 Å². The van der Waals surface area contributed by atoms with E-state index in [0.717, 1.165) is 37.8 Å². The average molecular weight is 219 g/mol. The van der Waals surface area contributed by atoms with Gasteiger partial charge >= 0.3 is 0 Å². The van der Waals surface area contributed by atoms with Crippen molar-refractivity contribution in [2.24, 2.45) is 0 Å². The fourth-order valence-electron chi connectivity index (χ4n) is 2.68. The van der Waals surface area contributed by atoms with Gasteiger partial charge in [-0.15, -0.1) is 0 Å². The van der Waals surface area contributed by atoms with E-state index in [1.54, 1.807) is 0 Å². The van der Waals surface area contributed by atoms with Crippen LogP contribution in [0.15, 0.2) is 12.3 Å². The van der Waals surface area contributed by atoms with Gasteiger partial charge in [0.05, 0.1) is 5.60 Å². The third-order valence-electron chi connectivity index (χ3n) is 3.57. The maximum Gasteiger partial charge on any atom is 0.225 e. The minimum Gasteiger partial charge on any atom is -0.373 e. The Balaban J connectivity index is 1.78. The summed E-state index contributed by atoms with van der Waals surface area (Å²) in [5.74, 6) is 0.854. The first-order valence-electron chi connectivity index (χ1n) is 5.96. The van der Waals surface area contributed by atoms with Crippen molar-refractivity contribution in [3.8, 4) is 0 Å². The molecular weight excluding hydrogens is 202 g/mol. The molecule has 0 aromatic carbocycles. The second kappa shape index (κ2) is 3.70. The number of ether oxygens (including phenoxy) is 1. The van der Waals surface area contributed by atoms with Crippen LogP contribution in [0.1, 0.15) is 25.0 Å². The van der Waals surface area contributed by atoms with E-state index in [-0.39, 0.29) is 5.60 Å². The second-order valence-electron chi connectivity index (χ2n) is 4.80. The molecule has 2 fully saturated rings. The third-order valence-corrected chi connectivity index (χ3v) is 3.57. The molecule has 86 valence electrons. The first kappa shape index (κ1) is 10.0. The van der Waals surface area contributed by atoms with Crippen LogP contribution in [0.4, 0.5) is 5.95 Å². The van der Waals surface area contributed by atoms with Crippen LogP contribution in [0.2, 0.25) is 0 Å². The molecule has 0 aliphatic carbocycles. The highest BCUT2D eigenvalue weighted by molar-refractivity contribution is 5.33. The van der Waals surface area contributed by atoms with Crippen molar-refractivity contribution in [1.82, 2.24) is 9.97 Å². The van der Waals surface area contributed by atoms with Gasteiger partial charge in [-0.3, -0.25) is 0 Å². The van der Waals surface area contributed by atoms with Crippen molar-refractivity contribution in [1.29, 1.82) is 0 Å². The van der Waals surface area contributed by atoms with Gasteiger partial charge in [-0.25, -0.2) is 9.97 Å². The molecule has 0 bridgehead atoms. The number of anilines is 1. The smallest absolute Gasteiger partial charge is 0.225 e. The second-order valence-corrected chi connectivity index (χ2v) is 4.80. The van der Waals surface area contributed by atoms with Gasteiger partial charge in [0.1, 0.15) is 0 Å². The van der Waals surface area contributed by atoms with Crippen molar-refractivity contribution in [2.45, 2.75) is 31.8 Å². The molecule has 2 aliphatic heterocycles. The molecule has 2 aliphatic rings. The highest BCUT2D eigenvalue weighted by Gasteiger charge is 2.42. The van der Waals surface area contributed by atoms with E-state index in [2.05, 4.69) is 14.9 Å². The van der Waals surface area contributed by atoms with E-state index in [1.807, 2.05) is 19.2 Å². The van der Waals surface area contributed by atoms with Crippen molar-refractivity contribution < 1.29 is 4.74 Å². The number of aromatic nitrogens is 2. The number of hydrogen-bond acceptors (Lipinski definition) is 4. The normalized spacial score (nSPS) is 29.2. The molecule has 2 saturated heterocycles. The van der Waals surface area contributed by atoms with E-state index in [1.165, 1.54) is 12.8 Å². The molecule has 1 aromatic heterocycles. The predicted molar refractivity (Wildman–Crippen MR) is 61.5 cm³/mol. The average Bonchev–Trinajstić information content (AvgIpc) is 2.90. The largest absolute Gasteiger partial charge is 0.373 e. The zero-order valence-corrected chi connectivity index (χ0v) is 9.65. The number of nitrogens with zero attached hydrogens (tertiary/aromatic N) is 3. The molecule has 0 radical (unpaired) electrons. The monoisotopic (exact) mass is 219 g/mol. The molecule has 0 N–H and O–H groups in total.